The zero-order valence-corrected chi connectivity index (χ0v) is 13.1. The number of hydrogen-bond acceptors (Lipinski definition) is 4. The maximum absolute atomic E-state index is 13.9. The summed E-state index contributed by atoms with van der Waals surface area (Å²) in [4.78, 5) is 25.0. The van der Waals surface area contributed by atoms with Gasteiger partial charge < -0.3 is 15.1 Å². The van der Waals surface area contributed by atoms with Crippen molar-refractivity contribution in [2.75, 3.05) is 5.32 Å². The van der Waals surface area contributed by atoms with Crippen molar-refractivity contribution in [2.24, 2.45) is 0 Å². The minimum Gasteiger partial charge on any atom is -0.459 e. The molecule has 0 bridgehead atoms. The molecule has 0 aliphatic carbocycles. The number of carbonyl (C=O) groups excluding carboxylic acids is 2. The second-order valence-electron chi connectivity index (χ2n) is 5.24. The van der Waals surface area contributed by atoms with Crippen LogP contribution in [0.5, 0.6) is 0 Å². The summed E-state index contributed by atoms with van der Waals surface area (Å²) in [5.41, 5.74) is 0.493. The van der Waals surface area contributed by atoms with Crippen LogP contribution in [0.15, 0.2) is 77.4 Å². The quantitative estimate of drug-likeness (QED) is 0.533. The molecule has 2 N–H and O–H groups in total. The third kappa shape index (κ3) is 3.92. The Hall–Kier alpha value is -3.41. The van der Waals surface area contributed by atoms with Crippen LogP contribution in [-0.4, -0.2) is 17.9 Å². The van der Waals surface area contributed by atoms with E-state index in [1.54, 1.807) is 42.5 Å². The van der Waals surface area contributed by atoms with Crippen LogP contribution in [0.1, 0.15) is 20.9 Å². The van der Waals surface area contributed by atoms with Crippen LogP contribution in [0, 0.1) is 5.82 Å². The third-order valence-electron chi connectivity index (χ3n) is 3.51. The number of halogens is 1. The van der Waals surface area contributed by atoms with Crippen molar-refractivity contribution in [3.05, 3.63) is 90.1 Å². The summed E-state index contributed by atoms with van der Waals surface area (Å²) >= 11 is 0. The Morgan fingerprint density at radius 1 is 0.920 bits per heavy atom. The van der Waals surface area contributed by atoms with Crippen molar-refractivity contribution < 1.29 is 18.4 Å². The molecule has 2 aromatic carbocycles. The Morgan fingerprint density at radius 2 is 1.64 bits per heavy atom. The molecular formula is C19H15FN2O3. The van der Waals surface area contributed by atoms with Crippen LogP contribution in [0.4, 0.5) is 10.1 Å². The molecule has 0 saturated carbocycles. The average molecular weight is 338 g/mol. The number of benzene rings is 2. The molecule has 1 atom stereocenters. The number of hydrogen-bond donors (Lipinski definition) is 2. The van der Waals surface area contributed by atoms with Gasteiger partial charge in [-0.05, 0) is 24.3 Å². The van der Waals surface area contributed by atoms with E-state index in [0.717, 1.165) is 0 Å². The molecule has 3 aromatic rings. The Bertz CT molecular complexity index is 863. The van der Waals surface area contributed by atoms with Gasteiger partial charge in [-0.15, -0.1) is 0 Å². The zero-order chi connectivity index (χ0) is 17.6. The number of ketones is 1. The lowest BCUT2D eigenvalue weighted by molar-refractivity contribution is 0.0852. The van der Waals surface area contributed by atoms with E-state index in [4.69, 9.17) is 4.42 Å². The van der Waals surface area contributed by atoms with Gasteiger partial charge in [-0.2, -0.15) is 0 Å². The molecule has 0 aliphatic heterocycles. The van der Waals surface area contributed by atoms with E-state index < -0.39 is 23.7 Å². The van der Waals surface area contributed by atoms with E-state index in [-0.39, 0.29) is 11.4 Å². The summed E-state index contributed by atoms with van der Waals surface area (Å²) in [6.07, 6.45) is 0.199. The van der Waals surface area contributed by atoms with Crippen LogP contribution in [0.3, 0.4) is 0 Å². The predicted octanol–water partition coefficient (Wildman–Crippen LogP) is 3.47. The predicted molar refractivity (Wildman–Crippen MR) is 90.8 cm³/mol. The van der Waals surface area contributed by atoms with Gasteiger partial charge in [0.2, 0.25) is 5.78 Å². The maximum atomic E-state index is 13.9. The molecule has 1 heterocycles. The van der Waals surface area contributed by atoms with Gasteiger partial charge in [0.1, 0.15) is 5.82 Å². The summed E-state index contributed by atoms with van der Waals surface area (Å²) < 4.78 is 19.0. The van der Waals surface area contributed by atoms with E-state index in [1.165, 1.54) is 30.5 Å². The molecule has 3 rings (SSSR count). The maximum Gasteiger partial charge on any atom is 0.288 e. The molecule has 0 saturated heterocycles. The standard InChI is InChI=1S/C19H15FN2O3/c20-14-9-4-5-10-15(14)21-18(17(23)13-7-2-1-3-8-13)22-19(24)16-11-6-12-25-16/h1-12,18,21H,(H,22,24). The summed E-state index contributed by atoms with van der Waals surface area (Å²) in [7, 11) is 0. The number of Topliss-reactive ketones (excluding diaryl/α,β-unsaturated/α-hetero) is 1. The Labute approximate surface area is 143 Å². The van der Waals surface area contributed by atoms with E-state index in [9.17, 15) is 14.0 Å². The van der Waals surface area contributed by atoms with Gasteiger partial charge in [0.15, 0.2) is 11.9 Å². The SMILES string of the molecule is O=C(NC(Nc1ccccc1F)C(=O)c1ccccc1)c1ccco1. The first kappa shape index (κ1) is 16.4. The first-order valence-electron chi connectivity index (χ1n) is 7.60. The van der Waals surface area contributed by atoms with Gasteiger partial charge in [-0.1, -0.05) is 42.5 Å². The normalized spacial score (nSPS) is 11.6. The summed E-state index contributed by atoms with van der Waals surface area (Å²) in [5, 5.41) is 5.27. The Kier molecular flexibility index (Phi) is 4.89. The first-order valence-corrected chi connectivity index (χ1v) is 7.60. The summed E-state index contributed by atoms with van der Waals surface area (Å²) in [5.74, 6) is -1.45. The van der Waals surface area contributed by atoms with Crippen molar-refractivity contribution >= 4 is 17.4 Å². The number of amides is 1. The van der Waals surface area contributed by atoms with E-state index >= 15 is 0 Å². The smallest absolute Gasteiger partial charge is 0.288 e. The minimum atomic E-state index is -1.16. The van der Waals surface area contributed by atoms with E-state index in [0.29, 0.717) is 5.56 Å². The fraction of sp³-hybridized carbons (Fsp3) is 0.0526. The molecule has 6 heteroatoms. The van der Waals surface area contributed by atoms with Gasteiger partial charge in [0.25, 0.3) is 5.91 Å². The lowest BCUT2D eigenvalue weighted by Gasteiger charge is -2.20. The molecule has 0 spiro atoms. The first-order chi connectivity index (χ1) is 12.1. The lowest BCUT2D eigenvalue weighted by Crippen LogP contribution is -2.46. The molecule has 0 aliphatic rings. The number of carbonyl (C=O) groups is 2. The zero-order valence-electron chi connectivity index (χ0n) is 13.1. The highest BCUT2D eigenvalue weighted by Gasteiger charge is 2.24. The number of para-hydroxylation sites is 1. The van der Waals surface area contributed by atoms with Crippen molar-refractivity contribution in [3.8, 4) is 0 Å². The molecule has 0 fully saturated rings. The van der Waals surface area contributed by atoms with Crippen molar-refractivity contribution in [1.82, 2.24) is 5.32 Å². The summed E-state index contributed by atoms with van der Waals surface area (Å²) in [6.45, 7) is 0. The monoisotopic (exact) mass is 338 g/mol. The second-order valence-corrected chi connectivity index (χ2v) is 5.24. The Balaban J connectivity index is 1.86. The minimum absolute atomic E-state index is 0.0567. The largest absolute Gasteiger partial charge is 0.459 e. The van der Waals surface area contributed by atoms with Gasteiger partial charge in [-0.3, -0.25) is 9.59 Å². The van der Waals surface area contributed by atoms with Crippen molar-refractivity contribution in [1.29, 1.82) is 0 Å². The third-order valence-corrected chi connectivity index (χ3v) is 3.51. The van der Waals surface area contributed by atoms with Crippen LogP contribution in [-0.2, 0) is 0 Å². The number of anilines is 1. The van der Waals surface area contributed by atoms with Crippen molar-refractivity contribution in [2.45, 2.75) is 6.17 Å². The molecule has 25 heavy (non-hydrogen) atoms. The summed E-state index contributed by atoms with van der Waals surface area (Å²) in [6, 6.07) is 17.4. The van der Waals surface area contributed by atoms with Crippen LogP contribution in [0.2, 0.25) is 0 Å². The number of rotatable bonds is 6. The Morgan fingerprint density at radius 3 is 2.32 bits per heavy atom. The van der Waals surface area contributed by atoms with Crippen LogP contribution in [0.25, 0.3) is 0 Å². The average Bonchev–Trinajstić information content (AvgIpc) is 3.18. The molecule has 126 valence electrons. The molecule has 0 radical (unpaired) electrons. The topological polar surface area (TPSA) is 71.3 Å². The van der Waals surface area contributed by atoms with Crippen LogP contribution < -0.4 is 10.6 Å². The molecule has 1 unspecified atom stereocenters. The van der Waals surface area contributed by atoms with Gasteiger partial charge in [0.05, 0.1) is 12.0 Å². The fourth-order valence-electron chi connectivity index (χ4n) is 2.28. The van der Waals surface area contributed by atoms with Gasteiger partial charge in [-0.25, -0.2) is 4.39 Å². The van der Waals surface area contributed by atoms with E-state index in [1.807, 2.05) is 0 Å². The lowest BCUT2D eigenvalue weighted by atomic mass is 10.1. The second kappa shape index (κ2) is 7.44. The fourth-order valence-corrected chi connectivity index (χ4v) is 2.28. The van der Waals surface area contributed by atoms with Gasteiger partial charge >= 0.3 is 0 Å². The van der Waals surface area contributed by atoms with Crippen LogP contribution >= 0.6 is 0 Å². The van der Waals surface area contributed by atoms with Gasteiger partial charge in [0, 0.05) is 5.56 Å². The van der Waals surface area contributed by atoms with Crippen molar-refractivity contribution in [3.63, 3.8) is 0 Å². The molecule has 5 nitrogen and oxygen atoms in total. The highest BCUT2D eigenvalue weighted by atomic mass is 19.1. The number of furan rings is 1. The molecule has 1 amide bonds. The molecule has 1 aromatic heterocycles. The highest BCUT2D eigenvalue weighted by molar-refractivity contribution is 6.04. The molecular weight excluding hydrogens is 323 g/mol. The van der Waals surface area contributed by atoms with E-state index in [2.05, 4.69) is 10.6 Å². The highest BCUT2D eigenvalue weighted by Crippen LogP contribution is 2.15. The number of nitrogens with one attached hydrogen (secondary N) is 2.